The molecule has 0 amide bonds. The fraction of sp³-hybridized carbons (Fsp3) is 0.0714. The quantitative estimate of drug-likeness (QED) is 0.635. The minimum absolute atomic E-state index is 0.161. The van der Waals surface area contributed by atoms with Gasteiger partial charge in [0, 0.05) is 11.6 Å². The van der Waals surface area contributed by atoms with Crippen LogP contribution in [0, 0.1) is 21.4 Å². The Bertz CT molecular complexity index is 709. The number of nitro groups is 1. The van der Waals surface area contributed by atoms with Gasteiger partial charge in [0.2, 0.25) is 5.75 Å². The lowest BCUT2D eigenvalue weighted by atomic mass is 10.0. The maximum absolute atomic E-state index is 12.5. The topological polar surface area (TPSA) is 76.2 Å². The van der Waals surface area contributed by atoms with Gasteiger partial charge in [0.25, 0.3) is 0 Å². The molecule has 2 aromatic carbocycles. The van der Waals surface area contributed by atoms with Gasteiger partial charge in [-0.15, -0.1) is 0 Å². The van der Waals surface area contributed by atoms with Gasteiger partial charge in [-0.05, 0) is 17.7 Å². The number of nitriles is 1. The molecule has 0 N–H and O–H groups in total. The van der Waals surface area contributed by atoms with Crippen molar-refractivity contribution in [2.24, 2.45) is 0 Å². The van der Waals surface area contributed by atoms with Crippen LogP contribution in [0.5, 0.6) is 5.75 Å². The zero-order chi connectivity index (χ0) is 15.4. The van der Waals surface area contributed by atoms with E-state index in [1.807, 2.05) is 6.07 Å². The molecule has 106 valence electrons. The fourth-order valence-electron chi connectivity index (χ4n) is 1.83. The third kappa shape index (κ3) is 3.12. The molecular weight excluding hydrogens is 282 g/mol. The zero-order valence-corrected chi connectivity index (χ0v) is 10.5. The smallest absolute Gasteiger partial charge is 0.387 e. The van der Waals surface area contributed by atoms with Crippen molar-refractivity contribution in [3.63, 3.8) is 0 Å². The monoisotopic (exact) mass is 290 g/mol. The van der Waals surface area contributed by atoms with Crippen LogP contribution in [0.1, 0.15) is 5.56 Å². The van der Waals surface area contributed by atoms with Gasteiger partial charge < -0.3 is 4.74 Å². The maximum atomic E-state index is 12.5. The summed E-state index contributed by atoms with van der Waals surface area (Å²) in [5.74, 6) is -0.498. The van der Waals surface area contributed by atoms with Gasteiger partial charge in [-0.25, -0.2) is 0 Å². The van der Waals surface area contributed by atoms with Crippen LogP contribution in [0.3, 0.4) is 0 Å². The molecule has 0 fully saturated rings. The fourth-order valence-corrected chi connectivity index (χ4v) is 1.83. The Morgan fingerprint density at radius 1 is 1.19 bits per heavy atom. The minimum Gasteiger partial charge on any atom is -0.427 e. The number of para-hydroxylation sites is 1. The van der Waals surface area contributed by atoms with Gasteiger partial charge in [0.1, 0.15) is 0 Å². The van der Waals surface area contributed by atoms with Crippen LogP contribution in [0.4, 0.5) is 14.5 Å². The summed E-state index contributed by atoms with van der Waals surface area (Å²) >= 11 is 0. The molecule has 0 radical (unpaired) electrons. The molecule has 7 heteroatoms. The van der Waals surface area contributed by atoms with E-state index >= 15 is 0 Å². The largest absolute Gasteiger partial charge is 0.427 e. The zero-order valence-electron chi connectivity index (χ0n) is 10.5. The Morgan fingerprint density at radius 3 is 2.38 bits per heavy atom. The average Bonchev–Trinajstić information content (AvgIpc) is 2.47. The van der Waals surface area contributed by atoms with Gasteiger partial charge in [-0.1, -0.05) is 24.3 Å². The van der Waals surface area contributed by atoms with Crippen LogP contribution in [0.25, 0.3) is 11.1 Å². The Kier molecular flexibility index (Phi) is 4.09. The Hall–Kier alpha value is -3.01. The summed E-state index contributed by atoms with van der Waals surface area (Å²) < 4.78 is 29.3. The second-order valence-electron chi connectivity index (χ2n) is 3.98. The standard InChI is InChI=1S/C14H8F2N2O3/c15-14(16)21-13-11(2-1-3-12(13)18(19)20)10-6-4-9(8-17)5-7-10/h1-7,14H. The lowest BCUT2D eigenvalue weighted by Crippen LogP contribution is -2.06. The molecule has 0 saturated heterocycles. The van der Waals surface area contributed by atoms with E-state index in [0.29, 0.717) is 11.1 Å². The Balaban J connectivity index is 2.58. The predicted molar refractivity (Wildman–Crippen MR) is 69.9 cm³/mol. The highest BCUT2D eigenvalue weighted by Gasteiger charge is 2.22. The first kappa shape index (κ1) is 14.4. The molecule has 0 aromatic heterocycles. The molecule has 0 bridgehead atoms. The molecule has 0 aliphatic carbocycles. The number of nitrogens with zero attached hydrogens (tertiary/aromatic N) is 2. The van der Waals surface area contributed by atoms with Crippen LogP contribution in [0.2, 0.25) is 0 Å². The summed E-state index contributed by atoms with van der Waals surface area (Å²) in [7, 11) is 0. The number of hydrogen-bond donors (Lipinski definition) is 0. The van der Waals surface area contributed by atoms with E-state index in [1.165, 1.54) is 36.4 Å². The van der Waals surface area contributed by atoms with Crippen molar-refractivity contribution >= 4 is 5.69 Å². The lowest BCUT2D eigenvalue weighted by Gasteiger charge is -2.11. The Morgan fingerprint density at radius 2 is 1.86 bits per heavy atom. The summed E-state index contributed by atoms with van der Waals surface area (Å²) in [5.41, 5.74) is 0.444. The van der Waals surface area contributed by atoms with Gasteiger partial charge in [-0.2, -0.15) is 14.0 Å². The Labute approximate surface area is 118 Å². The summed E-state index contributed by atoms with van der Waals surface area (Å²) in [6.07, 6.45) is 0. The van der Waals surface area contributed by atoms with Gasteiger partial charge in [0.15, 0.2) is 0 Å². The number of ether oxygens (including phenoxy) is 1. The SMILES string of the molecule is N#Cc1ccc(-c2cccc([N+](=O)[O-])c2OC(F)F)cc1. The molecule has 5 nitrogen and oxygen atoms in total. The van der Waals surface area contributed by atoms with Gasteiger partial charge >= 0.3 is 12.3 Å². The van der Waals surface area contributed by atoms with Crippen LogP contribution >= 0.6 is 0 Å². The van der Waals surface area contributed by atoms with E-state index in [-0.39, 0.29) is 5.56 Å². The maximum Gasteiger partial charge on any atom is 0.387 e. The van der Waals surface area contributed by atoms with Crippen molar-refractivity contribution in [1.82, 2.24) is 0 Å². The predicted octanol–water partition coefficient (Wildman–Crippen LogP) is 3.73. The van der Waals surface area contributed by atoms with E-state index in [4.69, 9.17) is 5.26 Å². The van der Waals surface area contributed by atoms with E-state index in [2.05, 4.69) is 4.74 Å². The number of hydrogen-bond acceptors (Lipinski definition) is 4. The molecule has 0 atom stereocenters. The number of alkyl halides is 2. The van der Waals surface area contributed by atoms with Crippen LogP contribution in [-0.4, -0.2) is 11.5 Å². The first-order valence-corrected chi connectivity index (χ1v) is 5.75. The molecular formula is C14H8F2N2O3. The van der Waals surface area contributed by atoms with Gasteiger partial charge in [0.05, 0.1) is 16.6 Å². The van der Waals surface area contributed by atoms with Crippen molar-refractivity contribution in [3.05, 3.63) is 58.1 Å². The van der Waals surface area contributed by atoms with Crippen LogP contribution in [-0.2, 0) is 0 Å². The van der Waals surface area contributed by atoms with Gasteiger partial charge in [-0.3, -0.25) is 10.1 Å². The number of benzene rings is 2. The first-order valence-electron chi connectivity index (χ1n) is 5.75. The number of rotatable bonds is 4. The summed E-state index contributed by atoms with van der Waals surface area (Å²) in [4.78, 5) is 10.1. The second kappa shape index (κ2) is 5.96. The molecule has 2 rings (SSSR count). The van der Waals surface area contributed by atoms with Crippen molar-refractivity contribution in [1.29, 1.82) is 5.26 Å². The molecule has 0 unspecified atom stereocenters. The highest BCUT2D eigenvalue weighted by molar-refractivity contribution is 5.75. The van der Waals surface area contributed by atoms with Crippen molar-refractivity contribution < 1.29 is 18.4 Å². The van der Waals surface area contributed by atoms with E-state index in [9.17, 15) is 18.9 Å². The number of halogens is 2. The first-order chi connectivity index (χ1) is 10.0. The summed E-state index contributed by atoms with van der Waals surface area (Å²) in [6.45, 7) is -3.18. The summed E-state index contributed by atoms with van der Waals surface area (Å²) in [5, 5.41) is 19.7. The average molecular weight is 290 g/mol. The summed E-state index contributed by atoms with van der Waals surface area (Å²) in [6, 6.07) is 11.8. The molecule has 0 heterocycles. The second-order valence-corrected chi connectivity index (χ2v) is 3.98. The molecule has 21 heavy (non-hydrogen) atoms. The highest BCUT2D eigenvalue weighted by atomic mass is 19.3. The van der Waals surface area contributed by atoms with E-state index in [0.717, 1.165) is 6.07 Å². The van der Waals surface area contributed by atoms with Crippen LogP contribution < -0.4 is 4.74 Å². The molecule has 0 aliphatic heterocycles. The normalized spacial score (nSPS) is 10.2. The minimum atomic E-state index is -3.18. The molecule has 2 aromatic rings. The third-order valence-electron chi connectivity index (χ3n) is 2.72. The highest BCUT2D eigenvalue weighted by Crippen LogP contribution is 2.38. The van der Waals surface area contributed by atoms with Crippen molar-refractivity contribution in [3.8, 4) is 22.9 Å². The van der Waals surface area contributed by atoms with Crippen molar-refractivity contribution in [2.45, 2.75) is 6.61 Å². The molecule has 0 saturated carbocycles. The molecule has 0 spiro atoms. The molecule has 0 aliphatic rings. The number of nitro benzene ring substituents is 1. The van der Waals surface area contributed by atoms with E-state index < -0.39 is 23.0 Å². The third-order valence-corrected chi connectivity index (χ3v) is 2.72. The van der Waals surface area contributed by atoms with Crippen molar-refractivity contribution in [2.75, 3.05) is 0 Å². The van der Waals surface area contributed by atoms with Crippen LogP contribution in [0.15, 0.2) is 42.5 Å². The lowest BCUT2D eigenvalue weighted by molar-refractivity contribution is -0.386. The van der Waals surface area contributed by atoms with E-state index in [1.54, 1.807) is 0 Å².